The van der Waals surface area contributed by atoms with E-state index in [1.54, 1.807) is 13.2 Å². The molecule has 0 aliphatic carbocycles. The van der Waals surface area contributed by atoms with Gasteiger partial charge in [0.15, 0.2) is 0 Å². The zero-order valence-corrected chi connectivity index (χ0v) is 15.4. The predicted molar refractivity (Wildman–Crippen MR) is 94.9 cm³/mol. The van der Waals surface area contributed by atoms with Crippen molar-refractivity contribution < 1.29 is 23.5 Å². The number of nitrogens with zero attached hydrogens (tertiary/aromatic N) is 2. The van der Waals surface area contributed by atoms with Crippen molar-refractivity contribution in [1.82, 2.24) is 9.80 Å². The number of methoxy groups -OCH3 is 2. The lowest BCUT2D eigenvalue weighted by atomic mass is 9.96. The molecule has 0 saturated carbocycles. The van der Waals surface area contributed by atoms with Crippen LogP contribution in [0.25, 0.3) is 0 Å². The molecule has 7 heteroatoms. The zero-order valence-electron chi connectivity index (χ0n) is 15.4. The van der Waals surface area contributed by atoms with E-state index in [-0.39, 0.29) is 24.2 Å². The van der Waals surface area contributed by atoms with E-state index < -0.39 is 5.97 Å². The minimum absolute atomic E-state index is 0.0589. The average molecular weight is 366 g/mol. The smallest absolute Gasteiger partial charge is 0.325 e. The number of amides is 1. The van der Waals surface area contributed by atoms with Gasteiger partial charge in [0, 0.05) is 26.7 Å². The van der Waals surface area contributed by atoms with Gasteiger partial charge in [0.05, 0.1) is 19.6 Å². The first-order valence-corrected chi connectivity index (χ1v) is 8.84. The Hall–Kier alpha value is -1.99. The molecule has 1 saturated heterocycles. The molecule has 1 aromatic carbocycles. The molecular formula is C19H27FN2O4. The van der Waals surface area contributed by atoms with Crippen LogP contribution in [0.3, 0.4) is 0 Å². The second kappa shape index (κ2) is 10.2. The number of piperidine rings is 1. The van der Waals surface area contributed by atoms with Crippen molar-refractivity contribution in [3.63, 3.8) is 0 Å². The number of carbonyl (C=O) groups excluding carboxylic acids is 2. The molecule has 1 heterocycles. The molecule has 6 nitrogen and oxygen atoms in total. The first-order valence-electron chi connectivity index (χ1n) is 8.84. The van der Waals surface area contributed by atoms with Crippen LogP contribution < -0.4 is 0 Å². The third kappa shape index (κ3) is 6.07. The summed E-state index contributed by atoms with van der Waals surface area (Å²) in [6.45, 7) is 2.72. The highest BCUT2D eigenvalue weighted by molar-refractivity contribution is 5.83. The van der Waals surface area contributed by atoms with E-state index >= 15 is 0 Å². The molecule has 1 fully saturated rings. The average Bonchev–Trinajstić information content (AvgIpc) is 2.64. The van der Waals surface area contributed by atoms with Crippen LogP contribution >= 0.6 is 0 Å². The van der Waals surface area contributed by atoms with Gasteiger partial charge in [-0.1, -0.05) is 12.1 Å². The molecule has 1 unspecified atom stereocenters. The predicted octanol–water partition coefficient (Wildman–Crippen LogP) is 1.69. The lowest BCUT2D eigenvalue weighted by Gasteiger charge is -2.34. The first kappa shape index (κ1) is 20.3. The number of rotatable bonds is 8. The molecule has 1 amide bonds. The highest BCUT2D eigenvalue weighted by Crippen LogP contribution is 2.21. The minimum Gasteiger partial charge on any atom is -0.468 e. The number of halogens is 1. The quantitative estimate of drug-likeness (QED) is 0.655. The third-order valence-corrected chi connectivity index (χ3v) is 4.57. The van der Waals surface area contributed by atoms with Crippen LogP contribution in [-0.4, -0.2) is 68.7 Å². The van der Waals surface area contributed by atoms with Crippen molar-refractivity contribution in [2.75, 3.05) is 47.0 Å². The van der Waals surface area contributed by atoms with Crippen LogP contribution in [0.15, 0.2) is 24.3 Å². The van der Waals surface area contributed by atoms with E-state index in [0.29, 0.717) is 26.2 Å². The summed E-state index contributed by atoms with van der Waals surface area (Å²) in [5.74, 6) is -0.937. The number of ether oxygens (including phenoxy) is 2. The highest BCUT2D eigenvalue weighted by Gasteiger charge is 2.30. The van der Waals surface area contributed by atoms with E-state index in [4.69, 9.17) is 4.74 Å². The lowest BCUT2D eigenvalue weighted by Crippen LogP contribution is -2.47. The van der Waals surface area contributed by atoms with Gasteiger partial charge in [0.1, 0.15) is 12.4 Å². The van der Waals surface area contributed by atoms with Crippen molar-refractivity contribution >= 4 is 11.9 Å². The molecular weight excluding hydrogens is 339 g/mol. The van der Waals surface area contributed by atoms with Crippen LogP contribution in [0.2, 0.25) is 0 Å². The van der Waals surface area contributed by atoms with Crippen LogP contribution in [0.5, 0.6) is 0 Å². The number of likely N-dealkylation sites (tertiary alicyclic amines) is 1. The van der Waals surface area contributed by atoms with Gasteiger partial charge in [-0.25, -0.2) is 4.39 Å². The highest BCUT2D eigenvalue weighted by atomic mass is 19.1. The van der Waals surface area contributed by atoms with E-state index in [1.807, 2.05) is 6.07 Å². The number of esters is 1. The Morgan fingerprint density at radius 1 is 1.35 bits per heavy atom. The minimum atomic E-state index is -0.443. The summed E-state index contributed by atoms with van der Waals surface area (Å²) in [5, 5.41) is 0. The summed E-state index contributed by atoms with van der Waals surface area (Å²) in [5.41, 5.74) is 0.892. The number of hydrogen-bond donors (Lipinski definition) is 0. The molecule has 0 aromatic heterocycles. The van der Waals surface area contributed by atoms with Crippen LogP contribution in [0, 0.1) is 11.7 Å². The van der Waals surface area contributed by atoms with Gasteiger partial charge in [-0.2, -0.15) is 0 Å². The Labute approximate surface area is 153 Å². The second-order valence-corrected chi connectivity index (χ2v) is 6.53. The van der Waals surface area contributed by atoms with Gasteiger partial charge >= 0.3 is 5.97 Å². The first-order chi connectivity index (χ1) is 12.5. The maximum Gasteiger partial charge on any atom is 0.325 e. The van der Waals surface area contributed by atoms with Crippen molar-refractivity contribution in [2.45, 2.75) is 19.4 Å². The topological polar surface area (TPSA) is 59.1 Å². The number of carbonyl (C=O) groups is 2. The fraction of sp³-hybridized carbons (Fsp3) is 0.579. The number of benzene rings is 1. The Morgan fingerprint density at radius 3 is 2.85 bits per heavy atom. The van der Waals surface area contributed by atoms with Crippen LogP contribution in [0.1, 0.15) is 18.4 Å². The SMILES string of the molecule is COCCN(CC(=O)OC)C(=O)C1CCCN(Cc2cccc(F)c2)C1. The van der Waals surface area contributed by atoms with Crippen molar-refractivity contribution in [3.05, 3.63) is 35.6 Å². The maximum atomic E-state index is 13.4. The normalized spacial score (nSPS) is 17.7. The van der Waals surface area contributed by atoms with Gasteiger partial charge < -0.3 is 14.4 Å². The molecule has 2 rings (SSSR count). The van der Waals surface area contributed by atoms with E-state index in [9.17, 15) is 14.0 Å². The maximum absolute atomic E-state index is 13.4. The van der Waals surface area contributed by atoms with E-state index in [2.05, 4.69) is 9.64 Å². The van der Waals surface area contributed by atoms with Gasteiger partial charge in [-0.05, 0) is 37.1 Å². The summed E-state index contributed by atoms with van der Waals surface area (Å²) in [6.07, 6.45) is 1.67. The Balaban J connectivity index is 1.98. The summed E-state index contributed by atoms with van der Waals surface area (Å²) in [7, 11) is 2.87. The van der Waals surface area contributed by atoms with Gasteiger partial charge in [0.2, 0.25) is 5.91 Å². The summed E-state index contributed by atoms with van der Waals surface area (Å²) >= 11 is 0. The summed E-state index contributed by atoms with van der Waals surface area (Å²) in [4.78, 5) is 28.2. The Kier molecular flexibility index (Phi) is 8.00. The van der Waals surface area contributed by atoms with Crippen molar-refractivity contribution in [1.29, 1.82) is 0 Å². The fourth-order valence-corrected chi connectivity index (χ4v) is 3.24. The number of hydrogen-bond acceptors (Lipinski definition) is 5. The van der Waals surface area contributed by atoms with Crippen molar-refractivity contribution in [3.8, 4) is 0 Å². The van der Waals surface area contributed by atoms with Crippen molar-refractivity contribution in [2.24, 2.45) is 5.92 Å². The fourth-order valence-electron chi connectivity index (χ4n) is 3.24. The van der Waals surface area contributed by atoms with E-state index in [1.165, 1.54) is 24.1 Å². The van der Waals surface area contributed by atoms with E-state index in [0.717, 1.165) is 24.9 Å². The summed E-state index contributed by atoms with van der Waals surface area (Å²) in [6, 6.07) is 6.52. The van der Waals surface area contributed by atoms with Crippen LogP contribution in [0.4, 0.5) is 4.39 Å². The second-order valence-electron chi connectivity index (χ2n) is 6.53. The molecule has 0 spiro atoms. The molecule has 26 heavy (non-hydrogen) atoms. The van der Waals surface area contributed by atoms with Crippen LogP contribution in [-0.2, 0) is 25.6 Å². The lowest BCUT2D eigenvalue weighted by molar-refractivity contribution is -0.149. The Bertz CT molecular complexity index is 611. The molecule has 1 aromatic rings. The molecule has 1 aliphatic rings. The third-order valence-electron chi connectivity index (χ3n) is 4.57. The summed E-state index contributed by atoms with van der Waals surface area (Å²) < 4.78 is 23.1. The molecule has 0 bridgehead atoms. The molecule has 0 radical (unpaired) electrons. The zero-order chi connectivity index (χ0) is 18.9. The molecule has 1 aliphatic heterocycles. The molecule has 0 N–H and O–H groups in total. The van der Waals surface area contributed by atoms with Gasteiger partial charge in [-0.15, -0.1) is 0 Å². The van der Waals surface area contributed by atoms with Gasteiger partial charge in [0.25, 0.3) is 0 Å². The van der Waals surface area contributed by atoms with Gasteiger partial charge in [-0.3, -0.25) is 14.5 Å². The standard InChI is InChI=1S/C19H27FN2O4/c1-25-10-9-22(14-18(23)26-2)19(24)16-6-4-8-21(13-16)12-15-5-3-7-17(20)11-15/h3,5,7,11,16H,4,6,8-10,12-14H2,1-2H3. The Morgan fingerprint density at radius 2 is 2.15 bits per heavy atom. The monoisotopic (exact) mass is 366 g/mol. The largest absolute Gasteiger partial charge is 0.468 e. The molecule has 144 valence electrons. The molecule has 1 atom stereocenters.